The first-order valence-corrected chi connectivity index (χ1v) is 13.4. The Labute approximate surface area is 247 Å². The monoisotopic (exact) mass is 607 g/mol. The van der Waals surface area contributed by atoms with Gasteiger partial charge in [-0.2, -0.15) is 5.53 Å². The number of aliphatic carboxylic acids is 2. The Morgan fingerprint density at radius 1 is 1.05 bits per heavy atom. The maximum atomic E-state index is 11.5. The molecule has 17 nitrogen and oxygen atoms in total. The first-order chi connectivity index (χ1) is 20.6. The number of amides is 1. The van der Waals surface area contributed by atoms with E-state index in [1.165, 1.54) is 4.90 Å². The number of hydrazine groups is 2. The van der Waals surface area contributed by atoms with Crippen LogP contribution in [-0.4, -0.2) is 141 Å². The fourth-order valence-corrected chi connectivity index (χ4v) is 3.94. The summed E-state index contributed by atoms with van der Waals surface area (Å²) < 4.78 is 10.2. The van der Waals surface area contributed by atoms with Gasteiger partial charge in [-0.1, -0.05) is 18.2 Å². The molecule has 1 aromatic heterocycles. The Kier molecular flexibility index (Phi) is 13.0. The van der Waals surface area contributed by atoms with E-state index in [-0.39, 0.29) is 6.10 Å². The summed E-state index contributed by atoms with van der Waals surface area (Å²) in [6.07, 6.45) is -1.80. The number of rotatable bonds is 14. The first-order valence-electron chi connectivity index (χ1n) is 13.4. The predicted molar refractivity (Wildman–Crippen MR) is 150 cm³/mol. The molecule has 0 saturated carbocycles. The van der Waals surface area contributed by atoms with Crippen molar-refractivity contribution in [2.24, 2.45) is 0 Å². The molecule has 7 N–H and O–H groups in total. The van der Waals surface area contributed by atoms with E-state index < -0.39 is 30.2 Å². The maximum absolute atomic E-state index is 11.5. The lowest BCUT2D eigenvalue weighted by molar-refractivity contribution is -0.165. The average Bonchev–Trinajstić information content (AvgIpc) is 3.83. The van der Waals surface area contributed by atoms with Gasteiger partial charge in [-0.25, -0.2) is 34.8 Å². The van der Waals surface area contributed by atoms with Crippen LogP contribution in [0.5, 0.6) is 0 Å². The van der Waals surface area contributed by atoms with Crippen molar-refractivity contribution in [3.63, 3.8) is 0 Å². The highest BCUT2D eigenvalue weighted by Gasteiger charge is 2.29. The third kappa shape index (κ3) is 11.0. The van der Waals surface area contributed by atoms with Gasteiger partial charge in [0.15, 0.2) is 12.2 Å². The predicted octanol–water partition coefficient (Wildman–Crippen LogP) is -1.32. The summed E-state index contributed by atoms with van der Waals surface area (Å²) in [5.41, 5.74) is 9.10. The van der Waals surface area contributed by atoms with Gasteiger partial charge in [-0.05, 0) is 17.2 Å². The van der Waals surface area contributed by atoms with Crippen molar-refractivity contribution in [3.05, 3.63) is 42.2 Å². The molecule has 2 aromatic rings. The molecule has 2 fully saturated rings. The number of hydrogen-bond donors (Lipinski definition) is 7. The molecule has 2 saturated heterocycles. The normalized spacial score (nSPS) is 17.7. The molecule has 4 rings (SSSR count). The van der Waals surface area contributed by atoms with Crippen molar-refractivity contribution < 1.29 is 49.4 Å². The lowest BCUT2D eigenvalue weighted by atomic mass is 10.1. The van der Waals surface area contributed by atoms with Crippen LogP contribution in [-0.2, 0) is 25.6 Å². The minimum Gasteiger partial charge on any atom is -0.479 e. The summed E-state index contributed by atoms with van der Waals surface area (Å²) in [6.45, 7) is 6.08. The number of anilines is 1. The molecule has 43 heavy (non-hydrogen) atoms. The Balaban J connectivity index is 0.000000436. The highest BCUT2D eigenvalue weighted by molar-refractivity contribution is 5.83. The van der Waals surface area contributed by atoms with Crippen molar-refractivity contribution in [2.45, 2.75) is 24.9 Å². The van der Waals surface area contributed by atoms with E-state index in [0.29, 0.717) is 32.3 Å². The van der Waals surface area contributed by atoms with Gasteiger partial charge in [0.25, 0.3) is 0 Å². The summed E-state index contributed by atoms with van der Waals surface area (Å²) in [5.74, 6) is -2.83. The fourth-order valence-electron chi connectivity index (χ4n) is 3.94. The van der Waals surface area contributed by atoms with Gasteiger partial charge in [-0.15, -0.1) is 0 Å². The molecule has 0 aliphatic carbocycles. The number of aromatic nitrogens is 2. The van der Waals surface area contributed by atoms with Crippen LogP contribution in [0.3, 0.4) is 0 Å². The van der Waals surface area contributed by atoms with Crippen LogP contribution in [0, 0.1) is 0 Å². The average molecular weight is 608 g/mol. The van der Waals surface area contributed by atoms with E-state index >= 15 is 0 Å². The molecule has 0 spiro atoms. The topological polar surface area (TPSA) is 234 Å². The Morgan fingerprint density at radius 2 is 1.67 bits per heavy atom. The van der Waals surface area contributed by atoms with Gasteiger partial charge in [0, 0.05) is 64.3 Å². The second-order valence-electron chi connectivity index (χ2n) is 9.66. The summed E-state index contributed by atoms with van der Waals surface area (Å²) in [6, 6.07) is 7.83. The molecule has 1 amide bonds. The van der Waals surface area contributed by atoms with Crippen LogP contribution in [0.15, 0.2) is 36.7 Å². The number of aliphatic hydroxyl groups is 2. The molecule has 2 aliphatic rings. The molecule has 1 aromatic carbocycles. The minimum atomic E-state index is -2.27. The number of carbonyl (C=O) groups is 3. The number of carboxylic acid groups (broad SMARTS) is 3. The van der Waals surface area contributed by atoms with E-state index in [0.717, 1.165) is 49.4 Å². The number of ether oxygens (including phenoxy) is 2. The first kappa shape index (κ1) is 33.5. The lowest BCUT2D eigenvalue weighted by Gasteiger charge is -2.34. The van der Waals surface area contributed by atoms with Crippen molar-refractivity contribution in [1.29, 1.82) is 0 Å². The molecule has 3 heterocycles. The van der Waals surface area contributed by atoms with Crippen LogP contribution >= 0.6 is 0 Å². The van der Waals surface area contributed by atoms with Gasteiger partial charge >= 0.3 is 18.0 Å². The summed E-state index contributed by atoms with van der Waals surface area (Å²) in [5, 5.41) is 44.1. The third-order valence-electron chi connectivity index (χ3n) is 6.40. The Morgan fingerprint density at radius 3 is 2.21 bits per heavy atom. The smallest absolute Gasteiger partial charge is 0.407 e. The molecule has 3 atom stereocenters. The standard InChI is InChI=1S/C22H31N7O4.C4H6O6/c1-32-10-5-25-26-29-8-6-27(7-9-29)21-23-12-19(13-24-21)18-4-2-3-17(11-18)14-28(22(30)31)15-20-16-33-20;5-1(3(7)8)2(6)4(9)10/h2-4,11-13,20,25-26H,5-10,14-16H2,1H3,(H,30,31);1-2,5-6H,(H,7,8)(H,9,10)/t;1-,2-/m.1/s1. The Bertz CT molecular complexity index is 1180. The summed E-state index contributed by atoms with van der Waals surface area (Å²) in [7, 11) is 1.68. The van der Waals surface area contributed by atoms with Gasteiger partial charge < -0.3 is 44.8 Å². The number of piperazine rings is 1. The molecular weight excluding hydrogens is 570 g/mol. The van der Waals surface area contributed by atoms with Gasteiger partial charge in [0.1, 0.15) is 0 Å². The van der Waals surface area contributed by atoms with Crippen LogP contribution in [0.25, 0.3) is 11.1 Å². The third-order valence-corrected chi connectivity index (χ3v) is 6.40. The van der Waals surface area contributed by atoms with E-state index in [1.807, 2.05) is 36.7 Å². The molecule has 0 bridgehead atoms. The van der Waals surface area contributed by atoms with Gasteiger partial charge in [0.2, 0.25) is 5.95 Å². The number of nitrogens with zero attached hydrogens (tertiary/aromatic N) is 5. The number of hydrogen-bond acceptors (Lipinski definition) is 13. The SMILES string of the molecule is COCCNNN1CCN(c2ncc(-c3cccc(CN(CC4CO4)C(=O)O)c3)cn2)CC1.O=C(O)[C@H](O)[C@@H](O)C(=O)O. The van der Waals surface area contributed by atoms with E-state index in [1.54, 1.807) is 7.11 Å². The van der Waals surface area contributed by atoms with Crippen LogP contribution < -0.4 is 15.9 Å². The molecule has 0 radical (unpaired) electrons. The van der Waals surface area contributed by atoms with Crippen molar-refractivity contribution in [3.8, 4) is 11.1 Å². The van der Waals surface area contributed by atoms with Crippen molar-refractivity contribution >= 4 is 24.0 Å². The molecule has 2 aliphatic heterocycles. The largest absolute Gasteiger partial charge is 0.479 e. The second kappa shape index (κ2) is 16.6. The number of carboxylic acids is 2. The zero-order valence-corrected chi connectivity index (χ0v) is 23.6. The molecule has 17 heteroatoms. The van der Waals surface area contributed by atoms with Gasteiger partial charge in [0.05, 0.1) is 25.9 Å². The zero-order chi connectivity index (χ0) is 31.4. The van der Waals surface area contributed by atoms with Crippen molar-refractivity contribution in [1.82, 2.24) is 30.8 Å². The number of epoxide rings is 1. The summed E-state index contributed by atoms with van der Waals surface area (Å²) in [4.78, 5) is 43.8. The molecule has 1 unspecified atom stereocenters. The lowest BCUT2D eigenvalue weighted by Crippen LogP contribution is -2.56. The Hall–Kier alpha value is -3.97. The summed E-state index contributed by atoms with van der Waals surface area (Å²) >= 11 is 0. The number of nitrogens with one attached hydrogen (secondary N) is 2. The van der Waals surface area contributed by atoms with E-state index in [2.05, 4.69) is 30.8 Å². The van der Waals surface area contributed by atoms with Crippen LogP contribution in [0.2, 0.25) is 0 Å². The quantitative estimate of drug-likeness (QED) is 0.0749. The number of aliphatic hydroxyl groups excluding tert-OH is 2. The van der Waals surface area contributed by atoms with E-state index in [9.17, 15) is 19.5 Å². The van der Waals surface area contributed by atoms with E-state index in [4.69, 9.17) is 29.9 Å². The number of benzene rings is 1. The van der Waals surface area contributed by atoms with Gasteiger partial charge in [-0.3, -0.25) is 0 Å². The number of methoxy groups -OCH3 is 1. The zero-order valence-electron chi connectivity index (χ0n) is 23.6. The van der Waals surface area contributed by atoms with Crippen LogP contribution in [0.4, 0.5) is 10.7 Å². The second-order valence-corrected chi connectivity index (χ2v) is 9.66. The van der Waals surface area contributed by atoms with Crippen molar-refractivity contribution in [2.75, 3.05) is 64.5 Å². The molecular formula is C26H37N7O10. The van der Waals surface area contributed by atoms with Crippen LogP contribution in [0.1, 0.15) is 5.56 Å². The molecule has 236 valence electrons. The maximum Gasteiger partial charge on any atom is 0.407 e. The highest BCUT2D eigenvalue weighted by Crippen LogP contribution is 2.22. The minimum absolute atomic E-state index is 0.0230. The highest BCUT2D eigenvalue weighted by atomic mass is 16.6. The fraction of sp³-hybridized carbons (Fsp3) is 0.500.